The van der Waals surface area contributed by atoms with Gasteiger partial charge in [0, 0.05) is 17.8 Å². The molecule has 2 aromatic rings. The molecule has 3 N–H and O–H groups in total. The van der Waals surface area contributed by atoms with E-state index in [1.54, 1.807) is 6.20 Å². The minimum absolute atomic E-state index is 0.514. The predicted molar refractivity (Wildman–Crippen MR) is 48.2 cm³/mol. The fraction of sp³-hybridized carbons (Fsp3) is 0. The number of fused-ring (bicyclic) bond motifs is 1. The summed E-state index contributed by atoms with van der Waals surface area (Å²) in [6.07, 6.45) is 3.60. The molecule has 2 aromatic heterocycles. The Morgan fingerprint density at radius 2 is 2.36 bits per heavy atom. The minimum Gasteiger partial charge on any atom is -0.383 e. The van der Waals surface area contributed by atoms with E-state index in [1.807, 2.05) is 12.3 Å². The monoisotopic (exact) mass is 211 g/mol. The topological polar surface area (TPSA) is 54.7 Å². The maximum absolute atomic E-state index is 5.57. The highest BCUT2D eigenvalue weighted by Crippen LogP contribution is 2.25. The highest BCUT2D eigenvalue weighted by Gasteiger charge is 2.02. The molecule has 0 fully saturated rings. The van der Waals surface area contributed by atoms with E-state index in [9.17, 15) is 0 Å². The molecule has 0 aromatic carbocycles. The third-order valence-electron chi connectivity index (χ3n) is 1.57. The third kappa shape index (κ3) is 0.903. The van der Waals surface area contributed by atoms with Crippen molar-refractivity contribution in [3.05, 3.63) is 22.9 Å². The van der Waals surface area contributed by atoms with Crippen LogP contribution in [0.25, 0.3) is 10.9 Å². The molecule has 2 rings (SSSR count). The number of halogens is 1. The molecule has 4 heteroatoms. The molecule has 0 saturated heterocycles. The molecule has 11 heavy (non-hydrogen) atoms. The van der Waals surface area contributed by atoms with Crippen molar-refractivity contribution in [3.8, 4) is 0 Å². The lowest BCUT2D eigenvalue weighted by Gasteiger charge is -1.96. The number of nitrogens with one attached hydrogen (secondary N) is 1. The summed E-state index contributed by atoms with van der Waals surface area (Å²) < 4.78 is 0.833. The van der Waals surface area contributed by atoms with Gasteiger partial charge in [0.2, 0.25) is 0 Å². The molecule has 0 saturated carbocycles. The molecule has 0 amide bonds. The van der Waals surface area contributed by atoms with Crippen LogP contribution in [0.5, 0.6) is 0 Å². The van der Waals surface area contributed by atoms with Gasteiger partial charge in [-0.1, -0.05) is 0 Å². The molecule has 3 nitrogen and oxygen atoms in total. The zero-order valence-corrected chi connectivity index (χ0v) is 7.22. The molecular formula is C7H6BrN3. The molecule has 0 spiro atoms. The van der Waals surface area contributed by atoms with Crippen molar-refractivity contribution in [2.45, 2.75) is 0 Å². The van der Waals surface area contributed by atoms with Crippen molar-refractivity contribution in [1.29, 1.82) is 0 Å². The maximum atomic E-state index is 5.57. The Bertz CT molecular complexity index is 393. The summed E-state index contributed by atoms with van der Waals surface area (Å²) in [6, 6.07) is 1.95. The first-order chi connectivity index (χ1) is 5.29. The van der Waals surface area contributed by atoms with Crippen molar-refractivity contribution in [3.63, 3.8) is 0 Å². The van der Waals surface area contributed by atoms with Gasteiger partial charge in [-0.25, -0.2) is 4.98 Å². The molecule has 2 heterocycles. The van der Waals surface area contributed by atoms with Gasteiger partial charge in [0.25, 0.3) is 0 Å². The van der Waals surface area contributed by atoms with E-state index >= 15 is 0 Å². The smallest absolute Gasteiger partial charge is 0.139 e. The van der Waals surface area contributed by atoms with Crippen molar-refractivity contribution >= 4 is 32.7 Å². The largest absolute Gasteiger partial charge is 0.383 e. The van der Waals surface area contributed by atoms with E-state index in [2.05, 4.69) is 25.9 Å². The maximum Gasteiger partial charge on any atom is 0.139 e. The number of rotatable bonds is 0. The van der Waals surface area contributed by atoms with E-state index in [0.717, 1.165) is 15.4 Å². The van der Waals surface area contributed by atoms with E-state index in [0.29, 0.717) is 5.82 Å². The second-order valence-electron chi connectivity index (χ2n) is 2.27. The number of aromatic amines is 1. The number of nitrogens with zero attached hydrogens (tertiary/aromatic N) is 1. The molecule has 0 unspecified atom stereocenters. The summed E-state index contributed by atoms with van der Waals surface area (Å²) in [5.41, 5.74) is 6.56. The Balaban J connectivity index is 2.93. The van der Waals surface area contributed by atoms with Crippen LogP contribution < -0.4 is 5.73 Å². The Hall–Kier alpha value is -1.03. The van der Waals surface area contributed by atoms with Crippen molar-refractivity contribution in [2.75, 3.05) is 5.73 Å². The first kappa shape index (κ1) is 6.67. The van der Waals surface area contributed by atoms with Gasteiger partial charge in [-0.05, 0) is 22.0 Å². The van der Waals surface area contributed by atoms with Gasteiger partial charge in [-0.15, -0.1) is 0 Å². The van der Waals surface area contributed by atoms with Gasteiger partial charge >= 0.3 is 0 Å². The van der Waals surface area contributed by atoms with Gasteiger partial charge in [0.1, 0.15) is 5.82 Å². The van der Waals surface area contributed by atoms with Crippen molar-refractivity contribution in [1.82, 2.24) is 9.97 Å². The van der Waals surface area contributed by atoms with Gasteiger partial charge in [0.15, 0.2) is 0 Å². The summed E-state index contributed by atoms with van der Waals surface area (Å²) in [5, 5.41) is 1.06. The van der Waals surface area contributed by atoms with Gasteiger partial charge in [0.05, 0.1) is 9.99 Å². The predicted octanol–water partition coefficient (Wildman–Crippen LogP) is 1.91. The first-order valence-corrected chi connectivity index (χ1v) is 3.95. The molecule has 0 bridgehead atoms. The zero-order valence-electron chi connectivity index (χ0n) is 5.63. The minimum atomic E-state index is 0.514. The fourth-order valence-corrected chi connectivity index (χ4v) is 1.45. The van der Waals surface area contributed by atoms with E-state index in [-0.39, 0.29) is 0 Å². The van der Waals surface area contributed by atoms with Crippen LogP contribution in [0.3, 0.4) is 0 Å². The molecule has 0 aliphatic carbocycles. The summed E-state index contributed by atoms with van der Waals surface area (Å²) in [7, 11) is 0. The van der Waals surface area contributed by atoms with Crippen molar-refractivity contribution in [2.24, 2.45) is 0 Å². The summed E-state index contributed by atoms with van der Waals surface area (Å²) in [6.45, 7) is 0. The average molecular weight is 212 g/mol. The van der Waals surface area contributed by atoms with Crippen LogP contribution in [0.4, 0.5) is 5.82 Å². The van der Waals surface area contributed by atoms with Crippen LogP contribution in [0.2, 0.25) is 0 Å². The van der Waals surface area contributed by atoms with Crippen LogP contribution in [0, 0.1) is 0 Å². The molecule has 0 aliphatic rings. The van der Waals surface area contributed by atoms with Crippen LogP contribution in [-0.2, 0) is 0 Å². The van der Waals surface area contributed by atoms with E-state index < -0.39 is 0 Å². The summed E-state index contributed by atoms with van der Waals surface area (Å²) in [5.74, 6) is 0.514. The highest BCUT2D eigenvalue weighted by molar-refractivity contribution is 9.10. The SMILES string of the molecule is Nc1ncc2cc[nH]c2c1Br. The molecule has 0 radical (unpaired) electrons. The van der Waals surface area contributed by atoms with Crippen LogP contribution >= 0.6 is 15.9 Å². The quantitative estimate of drug-likeness (QED) is 0.700. The second kappa shape index (κ2) is 2.23. The number of nitrogen functional groups attached to an aromatic ring is 1. The Kier molecular flexibility index (Phi) is 1.35. The number of hydrogen-bond donors (Lipinski definition) is 2. The fourth-order valence-electron chi connectivity index (χ4n) is 1.00. The zero-order chi connectivity index (χ0) is 7.84. The standard InChI is InChI=1S/C7H6BrN3/c8-5-6-4(1-2-10-6)3-11-7(5)9/h1-3,10H,(H2,9,11). The normalized spacial score (nSPS) is 10.6. The van der Waals surface area contributed by atoms with Crippen molar-refractivity contribution < 1.29 is 0 Å². The van der Waals surface area contributed by atoms with Crippen LogP contribution in [0.15, 0.2) is 22.9 Å². The number of pyridine rings is 1. The lowest BCUT2D eigenvalue weighted by Crippen LogP contribution is -1.90. The third-order valence-corrected chi connectivity index (χ3v) is 2.37. The van der Waals surface area contributed by atoms with E-state index in [1.165, 1.54) is 0 Å². The Labute approximate surface area is 71.7 Å². The van der Waals surface area contributed by atoms with E-state index in [4.69, 9.17) is 5.73 Å². The summed E-state index contributed by atoms with van der Waals surface area (Å²) >= 11 is 3.34. The number of hydrogen-bond acceptors (Lipinski definition) is 2. The van der Waals surface area contributed by atoms with Gasteiger partial charge in [-0.3, -0.25) is 0 Å². The molecule has 0 aliphatic heterocycles. The lowest BCUT2D eigenvalue weighted by atomic mass is 10.3. The second-order valence-corrected chi connectivity index (χ2v) is 3.06. The number of H-pyrrole nitrogens is 1. The lowest BCUT2D eigenvalue weighted by molar-refractivity contribution is 1.34. The Morgan fingerprint density at radius 1 is 1.55 bits per heavy atom. The highest BCUT2D eigenvalue weighted by atomic mass is 79.9. The number of aromatic nitrogens is 2. The number of anilines is 1. The first-order valence-electron chi connectivity index (χ1n) is 3.16. The average Bonchev–Trinajstić information content (AvgIpc) is 2.45. The van der Waals surface area contributed by atoms with Crippen LogP contribution in [0.1, 0.15) is 0 Å². The number of nitrogens with two attached hydrogens (primary N) is 1. The van der Waals surface area contributed by atoms with Crippen LogP contribution in [-0.4, -0.2) is 9.97 Å². The Morgan fingerprint density at radius 3 is 3.18 bits per heavy atom. The molecule has 0 atom stereocenters. The van der Waals surface area contributed by atoms with Gasteiger partial charge in [-0.2, -0.15) is 0 Å². The van der Waals surface area contributed by atoms with Gasteiger partial charge < -0.3 is 10.7 Å². The summed E-state index contributed by atoms with van der Waals surface area (Å²) in [4.78, 5) is 7.05. The molecular weight excluding hydrogens is 206 g/mol. The molecule has 56 valence electrons.